The number of hydrogen-bond donors (Lipinski definition) is 1. The SMILES string of the molecule is CCCCCCCCCCCCCCCC(=O)OCC(COC(=O)CCCCCCCCCCCCCCC)OC(=O)CCCOC(=O)CC/C(C)=C/Cc1c(O)c2c(c(C)c1OC)COC2=O. The summed E-state index contributed by atoms with van der Waals surface area (Å²) in [6, 6.07) is 0. The number of aromatic hydroxyl groups is 1. The number of carbonyl (C=O) groups excluding carboxylic acids is 5. The largest absolute Gasteiger partial charge is 0.507 e. The second kappa shape index (κ2) is 38.7. The molecule has 1 N–H and O–H groups in total. The maximum atomic E-state index is 12.9. The Morgan fingerprint density at radius 1 is 0.588 bits per heavy atom. The van der Waals surface area contributed by atoms with Gasteiger partial charge in [0.1, 0.15) is 36.9 Å². The number of fused-ring (bicyclic) bond motifs is 1. The van der Waals surface area contributed by atoms with Crippen molar-refractivity contribution in [1.29, 1.82) is 0 Å². The molecule has 12 heteroatoms. The summed E-state index contributed by atoms with van der Waals surface area (Å²) in [5.41, 5.74) is 2.90. The quantitative estimate of drug-likeness (QED) is 0.0286. The molecule has 1 aliphatic rings. The fraction of sp³-hybridized carbons (Fsp3) is 0.768. The summed E-state index contributed by atoms with van der Waals surface area (Å²) in [6.45, 7) is 7.88. The molecule has 0 aliphatic carbocycles. The molecule has 0 atom stereocenters. The van der Waals surface area contributed by atoms with Crippen LogP contribution in [0.3, 0.4) is 0 Å². The van der Waals surface area contributed by atoms with Gasteiger partial charge in [-0.2, -0.15) is 0 Å². The topological polar surface area (TPSA) is 161 Å². The molecule has 0 saturated carbocycles. The van der Waals surface area contributed by atoms with E-state index in [-0.39, 0.29) is 88.2 Å². The van der Waals surface area contributed by atoms with Crippen molar-refractivity contribution in [1.82, 2.24) is 0 Å². The predicted octanol–water partition coefficient (Wildman–Crippen LogP) is 13.9. The number of hydrogen-bond acceptors (Lipinski definition) is 12. The molecule has 0 amide bonds. The van der Waals surface area contributed by atoms with E-state index in [4.69, 9.17) is 28.4 Å². The second-order valence-electron chi connectivity index (χ2n) is 19.0. The van der Waals surface area contributed by atoms with Gasteiger partial charge >= 0.3 is 29.8 Å². The minimum absolute atomic E-state index is 0.0131. The van der Waals surface area contributed by atoms with Crippen LogP contribution in [0.1, 0.15) is 253 Å². The standard InChI is InChI=1S/C56H92O12/c1-6-8-10-12-14-16-18-20-22-24-26-28-30-33-49(57)65-41-46(42-66-50(58)34-31-29-27-25-23-21-19-17-15-13-11-9-7-2)68-52(60)35-32-40-64-51(59)39-37-44(3)36-38-47-54(61)53-48(43-67-56(53)62)45(4)55(47)63-5/h36,46,61H,6-35,37-43H2,1-5H3/b44-36+. The Labute approximate surface area is 410 Å². The van der Waals surface area contributed by atoms with E-state index < -0.39 is 24.0 Å². The number of allylic oxidation sites excluding steroid dienone is 2. The third-order valence-electron chi connectivity index (χ3n) is 12.9. The van der Waals surface area contributed by atoms with E-state index in [0.29, 0.717) is 23.3 Å². The van der Waals surface area contributed by atoms with Gasteiger partial charge in [-0.25, -0.2) is 4.79 Å². The Hall–Kier alpha value is -4.09. The van der Waals surface area contributed by atoms with Crippen LogP contribution in [0.2, 0.25) is 0 Å². The summed E-state index contributed by atoms with van der Waals surface area (Å²) in [6.07, 6.45) is 34.0. The highest BCUT2D eigenvalue weighted by Gasteiger charge is 2.32. The molecule has 1 aromatic rings. The predicted molar refractivity (Wildman–Crippen MR) is 268 cm³/mol. The molecule has 0 bridgehead atoms. The molecule has 0 aromatic heterocycles. The summed E-state index contributed by atoms with van der Waals surface area (Å²) in [4.78, 5) is 62.9. The zero-order valence-electron chi connectivity index (χ0n) is 43.3. The highest BCUT2D eigenvalue weighted by molar-refractivity contribution is 5.98. The van der Waals surface area contributed by atoms with Crippen molar-refractivity contribution in [3.05, 3.63) is 33.9 Å². The summed E-state index contributed by atoms with van der Waals surface area (Å²) < 4.78 is 32.7. The number of phenols is 1. The lowest BCUT2D eigenvalue weighted by molar-refractivity contribution is -0.167. The van der Waals surface area contributed by atoms with Crippen LogP contribution in [-0.4, -0.2) is 68.0 Å². The van der Waals surface area contributed by atoms with Gasteiger partial charge in [-0.15, -0.1) is 0 Å². The van der Waals surface area contributed by atoms with Crippen molar-refractivity contribution >= 4 is 29.8 Å². The molecule has 0 radical (unpaired) electrons. The van der Waals surface area contributed by atoms with Crippen molar-refractivity contribution in [2.24, 2.45) is 0 Å². The normalized spacial score (nSPS) is 12.3. The van der Waals surface area contributed by atoms with E-state index in [0.717, 1.165) is 49.7 Å². The molecule has 68 heavy (non-hydrogen) atoms. The van der Waals surface area contributed by atoms with E-state index in [9.17, 15) is 29.1 Å². The first kappa shape index (κ1) is 60.0. The summed E-state index contributed by atoms with van der Waals surface area (Å²) >= 11 is 0. The Balaban J connectivity index is 1.73. The second-order valence-corrected chi connectivity index (χ2v) is 19.0. The minimum Gasteiger partial charge on any atom is -0.507 e. The average Bonchev–Trinajstić information content (AvgIpc) is 3.73. The van der Waals surface area contributed by atoms with Crippen molar-refractivity contribution in [3.8, 4) is 11.5 Å². The Morgan fingerprint density at radius 3 is 1.47 bits per heavy atom. The van der Waals surface area contributed by atoms with Crippen molar-refractivity contribution in [3.63, 3.8) is 0 Å². The number of carbonyl (C=O) groups is 5. The summed E-state index contributed by atoms with van der Waals surface area (Å²) in [7, 11) is 1.51. The fourth-order valence-corrected chi connectivity index (χ4v) is 8.63. The van der Waals surface area contributed by atoms with E-state index in [2.05, 4.69) is 13.8 Å². The van der Waals surface area contributed by atoms with Crippen LogP contribution in [0.15, 0.2) is 11.6 Å². The lowest BCUT2D eigenvalue weighted by atomic mass is 9.94. The zero-order chi connectivity index (χ0) is 49.6. The van der Waals surface area contributed by atoms with Crippen LogP contribution in [0.5, 0.6) is 11.5 Å². The van der Waals surface area contributed by atoms with Gasteiger partial charge < -0.3 is 33.5 Å². The number of phenolic OH excluding ortho intramolecular Hbond substituents is 1. The van der Waals surface area contributed by atoms with Crippen molar-refractivity contribution < 1.29 is 57.5 Å². The molecular formula is C56H92O12. The Bertz CT molecular complexity index is 1570. The molecule has 0 unspecified atom stereocenters. The van der Waals surface area contributed by atoms with Gasteiger partial charge in [0, 0.05) is 36.8 Å². The number of benzene rings is 1. The monoisotopic (exact) mass is 957 g/mol. The summed E-state index contributed by atoms with van der Waals surface area (Å²) in [5, 5.41) is 10.9. The molecular weight excluding hydrogens is 865 g/mol. The number of unbranched alkanes of at least 4 members (excludes halogenated alkanes) is 24. The summed E-state index contributed by atoms with van der Waals surface area (Å²) in [5.74, 6) is -1.95. The number of cyclic esters (lactones) is 1. The Kier molecular flexibility index (Phi) is 34.2. The van der Waals surface area contributed by atoms with Gasteiger partial charge in [-0.3, -0.25) is 19.2 Å². The Morgan fingerprint density at radius 2 is 1.01 bits per heavy atom. The molecule has 0 saturated heterocycles. The molecule has 0 spiro atoms. The van der Waals surface area contributed by atoms with Gasteiger partial charge in [0.05, 0.1) is 13.7 Å². The van der Waals surface area contributed by atoms with Crippen LogP contribution in [0.4, 0.5) is 0 Å². The highest BCUT2D eigenvalue weighted by Crippen LogP contribution is 2.42. The first-order valence-electron chi connectivity index (χ1n) is 26.9. The number of rotatable bonds is 43. The zero-order valence-corrected chi connectivity index (χ0v) is 43.3. The highest BCUT2D eigenvalue weighted by atomic mass is 16.6. The molecule has 1 aromatic carbocycles. The van der Waals surface area contributed by atoms with E-state index >= 15 is 0 Å². The molecule has 1 aliphatic heterocycles. The van der Waals surface area contributed by atoms with Crippen LogP contribution < -0.4 is 4.74 Å². The van der Waals surface area contributed by atoms with Gasteiger partial charge in [0.25, 0.3) is 0 Å². The van der Waals surface area contributed by atoms with Crippen LogP contribution >= 0.6 is 0 Å². The fourth-order valence-electron chi connectivity index (χ4n) is 8.63. The lowest BCUT2D eigenvalue weighted by Crippen LogP contribution is -2.31. The molecule has 0 fully saturated rings. The lowest BCUT2D eigenvalue weighted by Gasteiger charge is -2.18. The number of methoxy groups -OCH3 is 1. The third kappa shape index (κ3) is 27.2. The van der Waals surface area contributed by atoms with Gasteiger partial charge in [-0.05, 0) is 51.5 Å². The van der Waals surface area contributed by atoms with Crippen LogP contribution in [0.25, 0.3) is 0 Å². The van der Waals surface area contributed by atoms with Crippen LogP contribution in [-0.2, 0) is 55.9 Å². The van der Waals surface area contributed by atoms with E-state index in [1.54, 1.807) is 0 Å². The molecule has 2 rings (SSSR count). The molecule has 1 heterocycles. The van der Waals surface area contributed by atoms with Gasteiger partial charge in [0.2, 0.25) is 0 Å². The number of esters is 5. The number of ether oxygens (including phenoxy) is 6. The van der Waals surface area contributed by atoms with E-state index in [1.165, 1.54) is 136 Å². The van der Waals surface area contributed by atoms with E-state index in [1.807, 2.05) is 19.9 Å². The van der Waals surface area contributed by atoms with Crippen molar-refractivity contribution in [2.75, 3.05) is 26.9 Å². The van der Waals surface area contributed by atoms with Gasteiger partial charge in [-0.1, -0.05) is 180 Å². The average molecular weight is 957 g/mol. The first-order chi connectivity index (χ1) is 33.0. The van der Waals surface area contributed by atoms with Crippen molar-refractivity contribution in [2.45, 2.75) is 252 Å². The van der Waals surface area contributed by atoms with Gasteiger partial charge in [0.15, 0.2) is 6.10 Å². The maximum Gasteiger partial charge on any atom is 0.342 e. The third-order valence-corrected chi connectivity index (χ3v) is 12.9. The minimum atomic E-state index is -0.942. The maximum absolute atomic E-state index is 12.9. The van der Waals surface area contributed by atoms with Crippen LogP contribution in [0, 0.1) is 6.92 Å². The first-order valence-corrected chi connectivity index (χ1v) is 26.9. The molecule has 12 nitrogen and oxygen atoms in total. The smallest absolute Gasteiger partial charge is 0.342 e. The molecule has 388 valence electrons.